The van der Waals surface area contributed by atoms with Crippen molar-refractivity contribution in [1.29, 1.82) is 0 Å². The fraction of sp³-hybridized carbons (Fsp3) is 1.00. The maximum Gasteiger partial charge on any atom is -0.269 e. The van der Waals surface area contributed by atoms with Crippen LogP contribution >= 0.6 is 0 Å². The van der Waals surface area contributed by atoms with E-state index in [1.807, 2.05) is 0 Å². The van der Waals surface area contributed by atoms with Crippen molar-refractivity contribution in [3.8, 4) is 0 Å². The van der Waals surface area contributed by atoms with Crippen LogP contribution in [0, 0.1) is 0 Å². The minimum atomic E-state index is 0. The second kappa shape index (κ2) is 22.7. The molecular weight excluding hydrogens is 156 g/mol. The van der Waals surface area contributed by atoms with Gasteiger partial charge in [0.1, 0.15) is 0 Å². The summed E-state index contributed by atoms with van der Waals surface area (Å²) in [7, 11) is 0. The number of unbranched alkanes of at least 4 members (excludes halogenated alkanes) is 2. The maximum atomic E-state index is 2.25. The van der Waals surface area contributed by atoms with E-state index in [-0.39, 0.29) is 14.1 Å². The topological polar surface area (TPSA) is 0 Å². The van der Waals surface area contributed by atoms with E-state index in [9.17, 15) is 0 Å². The molecule has 56 valence electrons. The quantitative estimate of drug-likeness (QED) is 0.450. The minimum absolute atomic E-state index is 0. The zero-order valence-electron chi connectivity index (χ0n) is 6.05. The zero-order chi connectivity index (χ0) is 4.83. The molecule has 0 nitrogen and oxygen atoms in total. The zero-order valence-corrected chi connectivity index (χ0v) is 9.18. The van der Waals surface area contributed by atoms with Crippen LogP contribution in [0.25, 0.3) is 0 Å². The molecule has 9 heavy (non-hydrogen) atoms. The molecule has 0 aromatic carbocycles. The molecule has 0 heterocycles. The van der Waals surface area contributed by atoms with Gasteiger partial charge in [0.05, 0.1) is 0 Å². The molecule has 0 amide bonds. The summed E-state index contributed by atoms with van der Waals surface area (Å²) in [4.78, 5) is 0. The monoisotopic (exact) mass is 170 g/mol. The first-order valence-corrected chi connectivity index (χ1v) is 5.12. The van der Waals surface area contributed by atoms with E-state index in [0.717, 1.165) is 49.0 Å². The van der Waals surface area contributed by atoms with E-state index >= 15 is 0 Å². The van der Waals surface area contributed by atoms with Crippen molar-refractivity contribution in [1.82, 2.24) is 0 Å². The standard InChI is InChI=1S/C5H11.3FH.K/c1-3-5-4-2;;;;/h1,3-5H2,2H3;3*1H;. The van der Waals surface area contributed by atoms with E-state index in [1.54, 1.807) is 0.515 Å². The van der Waals surface area contributed by atoms with Crippen molar-refractivity contribution in [3.05, 3.63) is 0 Å². The molecule has 0 rings (SSSR count). The third-order valence-electron chi connectivity index (χ3n) is 0.957. The summed E-state index contributed by atoms with van der Waals surface area (Å²) >= 11 is 1.11. The Morgan fingerprint density at radius 1 is 1.00 bits per heavy atom. The maximum absolute atomic E-state index is 2.25. The van der Waals surface area contributed by atoms with Crippen LogP contribution in [0.15, 0.2) is 0 Å². The Labute approximate surface area is 88.5 Å². The number of hydrogen-bond donors (Lipinski definition) is 0. The third-order valence-corrected chi connectivity index (χ3v) is 2.06. The Balaban J connectivity index is -0.0000000417. The van der Waals surface area contributed by atoms with Crippen molar-refractivity contribution < 1.29 is 14.1 Å². The van der Waals surface area contributed by atoms with E-state index in [0.29, 0.717) is 0 Å². The smallest absolute Gasteiger partial charge is 0.269 e. The molecule has 0 saturated carbocycles. The van der Waals surface area contributed by atoms with Crippen LogP contribution in [0.4, 0.5) is 14.1 Å². The number of rotatable bonds is 3. The van der Waals surface area contributed by atoms with Gasteiger partial charge in [-0.15, -0.1) is 0 Å². The minimum Gasteiger partial charge on any atom is -0.269 e. The largest absolute Gasteiger partial charge is 0.269 e. The predicted molar refractivity (Wildman–Crippen MR) is 37.6 cm³/mol. The van der Waals surface area contributed by atoms with Crippen molar-refractivity contribution in [2.24, 2.45) is 0 Å². The SMILES string of the molecule is CCCC[CH2][K].F.F.F. The fourth-order valence-corrected chi connectivity index (χ4v) is 1.28. The van der Waals surface area contributed by atoms with Gasteiger partial charge in [-0.3, -0.25) is 14.1 Å². The first-order chi connectivity index (χ1) is 2.91. The Morgan fingerprint density at radius 2 is 1.44 bits per heavy atom. The van der Waals surface area contributed by atoms with Gasteiger partial charge in [-0.2, -0.15) is 0 Å². The Hall–Kier alpha value is 1.43. The molecule has 0 atom stereocenters. The summed E-state index contributed by atoms with van der Waals surface area (Å²) in [5, 5.41) is 0. The van der Waals surface area contributed by atoms with E-state index < -0.39 is 0 Å². The normalized spacial score (nSPS) is 6.11. The van der Waals surface area contributed by atoms with Crippen molar-refractivity contribution in [3.63, 3.8) is 0 Å². The first-order valence-electron chi connectivity index (χ1n) is 2.91. The first kappa shape index (κ1) is 22.4. The van der Waals surface area contributed by atoms with Gasteiger partial charge in [0.2, 0.25) is 0 Å². The van der Waals surface area contributed by atoms with Crippen molar-refractivity contribution in [2.45, 2.75) is 26.7 Å². The Morgan fingerprint density at radius 3 is 1.56 bits per heavy atom. The summed E-state index contributed by atoms with van der Waals surface area (Å²) in [6, 6.07) is 0. The molecule has 0 radical (unpaired) electrons. The Bertz CT molecular complexity index is 24.2. The second-order valence-electron chi connectivity index (χ2n) is 1.71. The molecule has 0 spiro atoms. The molecule has 0 N–H and O–H groups in total. The van der Waals surface area contributed by atoms with Crippen LogP contribution in [0.1, 0.15) is 26.2 Å². The van der Waals surface area contributed by atoms with Crippen molar-refractivity contribution in [2.75, 3.05) is 0 Å². The number of halogens is 3. The summed E-state index contributed by atoms with van der Waals surface area (Å²) in [6.07, 6.45) is 4.34. The van der Waals surface area contributed by atoms with Crippen LogP contribution in [0.2, 0.25) is 0.515 Å². The summed E-state index contributed by atoms with van der Waals surface area (Å²) in [5.41, 5.74) is 0. The van der Waals surface area contributed by atoms with Gasteiger partial charge in [-0.25, -0.2) is 0 Å². The van der Waals surface area contributed by atoms with Gasteiger partial charge in [0.25, 0.3) is 0 Å². The summed E-state index contributed by atoms with van der Waals surface area (Å²) in [6.45, 7) is 2.25. The molecule has 0 aliphatic carbocycles. The van der Waals surface area contributed by atoms with Crippen LogP contribution in [0.3, 0.4) is 0 Å². The Kier molecular flexibility index (Phi) is 56.7. The van der Waals surface area contributed by atoms with E-state index in [4.69, 9.17) is 0 Å². The molecular formula is C5H14F3K. The molecule has 0 aromatic rings. The second-order valence-corrected chi connectivity index (χ2v) is 3.27. The van der Waals surface area contributed by atoms with Gasteiger partial charge in [0, 0.05) is 0 Å². The van der Waals surface area contributed by atoms with Crippen LogP contribution in [-0.2, 0) is 0 Å². The van der Waals surface area contributed by atoms with Gasteiger partial charge < -0.3 is 0 Å². The molecule has 0 fully saturated rings. The van der Waals surface area contributed by atoms with Gasteiger partial charge in [-0.1, -0.05) is 0 Å². The molecule has 0 aliphatic heterocycles. The van der Waals surface area contributed by atoms with Crippen LogP contribution in [0.5, 0.6) is 0 Å². The van der Waals surface area contributed by atoms with Gasteiger partial charge in [-0.05, 0) is 0 Å². The molecule has 0 unspecified atom stereocenters. The average molecular weight is 170 g/mol. The van der Waals surface area contributed by atoms with E-state index in [1.165, 1.54) is 19.3 Å². The van der Waals surface area contributed by atoms with Gasteiger partial charge >= 0.3 is 75.7 Å². The molecule has 0 saturated heterocycles. The van der Waals surface area contributed by atoms with Gasteiger partial charge in [0.15, 0.2) is 0 Å². The van der Waals surface area contributed by atoms with Crippen LogP contribution < -0.4 is 0 Å². The summed E-state index contributed by atoms with van der Waals surface area (Å²) < 4.78 is 1.54. The van der Waals surface area contributed by atoms with Crippen molar-refractivity contribution >= 4 is 49.0 Å². The average Bonchev–Trinajstić information content (AvgIpc) is 1.61. The molecule has 0 aliphatic rings. The van der Waals surface area contributed by atoms with Crippen LogP contribution in [-0.4, -0.2) is 49.0 Å². The molecule has 0 bridgehead atoms. The third kappa shape index (κ3) is 26.5. The summed E-state index contributed by atoms with van der Waals surface area (Å²) in [5.74, 6) is 0. The predicted octanol–water partition coefficient (Wildman–Crippen LogP) is 2.22. The molecule has 4 heteroatoms. The number of hydrogen-bond acceptors (Lipinski definition) is 0. The molecule has 0 aromatic heterocycles. The van der Waals surface area contributed by atoms with E-state index in [2.05, 4.69) is 6.92 Å². The fourth-order valence-electron chi connectivity index (χ4n) is 0.500.